The Labute approximate surface area is 156 Å². The van der Waals surface area contributed by atoms with Crippen molar-refractivity contribution in [2.24, 2.45) is 0 Å². The molecule has 0 spiro atoms. The minimum Gasteiger partial charge on any atom is -0.349 e. The molecule has 0 unspecified atom stereocenters. The first-order valence-electron chi connectivity index (χ1n) is 8.45. The summed E-state index contributed by atoms with van der Waals surface area (Å²) in [6.45, 7) is 0.622. The molecule has 1 aromatic carbocycles. The molecule has 0 atom stereocenters. The largest absolute Gasteiger partial charge is 0.349 e. The number of benzene rings is 1. The van der Waals surface area contributed by atoms with Crippen LogP contribution in [0.1, 0.15) is 12.8 Å². The van der Waals surface area contributed by atoms with Crippen molar-refractivity contribution in [3.05, 3.63) is 42.7 Å². The molecule has 0 aliphatic carbocycles. The number of hydrogen-bond acceptors (Lipinski definition) is 7. The third-order valence-corrected chi connectivity index (χ3v) is 6.38. The lowest BCUT2D eigenvalue weighted by Crippen LogP contribution is -2.56. The third-order valence-electron chi connectivity index (χ3n) is 4.53. The van der Waals surface area contributed by atoms with Crippen LogP contribution in [0, 0.1) is 0 Å². The van der Waals surface area contributed by atoms with E-state index in [9.17, 15) is 18.0 Å². The Bertz CT molecular complexity index is 956. The van der Waals surface area contributed by atoms with Gasteiger partial charge in [-0.25, -0.2) is 18.4 Å². The first kappa shape index (κ1) is 17.6. The van der Waals surface area contributed by atoms with E-state index in [4.69, 9.17) is 0 Å². The van der Waals surface area contributed by atoms with Crippen molar-refractivity contribution in [3.8, 4) is 0 Å². The number of imide groups is 1. The van der Waals surface area contributed by atoms with Gasteiger partial charge in [-0.2, -0.15) is 4.31 Å². The molecule has 2 fully saturated rings. The zero-order valence-electron chi connectivity index (χ0n) is 14.3. The normalized spacial score (nSPS) is 18.6. The smallest absolute Gasteiger partial charge is 0.243 e. The molecule has 9 nitrogen and oxygen atoms in total. The number of anilines is 2. The zero-order chi connectivity index (χ0) is 19.0. The van der Waals surface area contributed by atoms with Gasteiger partial charge in [0.1, 0.15) is 0 Å². The summed E-state index contributed by atoms with van der Waals surface area (Å²) in [5, 5.41) is 3.08. The van der Waals surface area contributed by atoms with E-state index in [0.29, 0.717) is 24.7 Å². The molecule has 27 heavy (non-hydrogen) atoms. The predicted molar refractivity (Wildman–Crippen MR) is 96.4 cm³/mol. The van der Waals surface area contributed by atoms with Gasteiger partial charge in [-0.05, 0) is 30.3 Å². The van der Waals surface area contributed by atoms with Gasteiger partial charge in [0, 0.05) is 38.3 Å². The SMILES string of the molecule is O=C1CCC(=O)N1c1ccc(S(=O)(=O)N2CC(Nc3ncccn3)C2)cc1. The highest BCUT2D eigenvalue weighted by Gasteiger charge is 2.37. The number of amides is 2. The number of aromatic nitrogens is 2. The van der Waals surface area contributed by atoms with Crippen LogP contribution < -0.4 is 10.2 Å². The second-order valence-corrected chi connectivity index (χ2v) is 8.29. The molecule has 2 amide bonds. The molecule has 4 rings (SSSR count). The van der Waals surface area contributed by atoms with Crippen LogP contribution in [0.15, 0.2) is 47.6 Å². The maximum absolute atomic E-state index is 12.7. The monoisotopic (exact) mass is 387 g/mol. The van der Waals surface area contributed by atoms with E-state index in [1.54, 1.807) is 18.5 Å². The Hall–Kier alpha value is -2.85. The van der Waals surface area contributed by atoms with Gasteiger partial charge >= 0.3 is 0 Å². The number of nitrogens with one attached hydrogen (secondary N) is 1. The topological polar surface area (TPSA) is 113 Å². The molecule has 2 aliphatic rings. The molecular formula is C17H17N5O4S. The van der Waals surface area contributed by atoms with Crippen LogP contribution in [0.3, 0.4) is 0 Å². The maximum Gasteiger partial charge on any atom is 0.243 e. The van der Waals surface area contributed by atoms with Crippen molar-refractivity contribution in [3.63, 3.8) is 0 Å². The summed E-state index contributed by atoms with van der Waals surface area (Å²) in [5.74, 6) is -0.0744. The first-order chi connectivity index (χ1) is 12.9. The maximum atomic E-state index is 12.7. The number of carbonyl (C=O) groups excluding carboxylic acids is 2. The number of nitrogens with zero attached hydrogens (tertiary/aromatic N) is 4. The Kier molecular flexibility index (Phi) is 4.36. The van der Waals surface area contributed by atoms with Gasteiger partial charge in [0.25, 0.3) is 0 Å². The number of rotatable bonds is 5. The van der Waals surface area contributed by atoms with Crippen LogP contribution in [0.4, 0.5) is 11.6 Å². The Morgan fingerprint density at radius 2 is 1.56 bits per heavy atom. The van der Waals surface area contributed by atoms with Crippen LogP contribution in [0.25, 0.3) is 0 Å². The molecule has 2 aliphatic heterocycles. The standard InChI is InChI=1S/C17H17N5O4S/c23-15-6-7-16(24)22(15)13-2-4-14(5-3-13)27(25,26)21-10-12(11-21)20-17-18-8-1-9-19-17/h1-5,8-9,12H,6-7,10-11H2,(H,18,19,20). The zero-order valence-corrected chi connectivity index (χ0v) is 15.1. The quantitative estimate of drug-likeness (QED) is 0.748. The summed E-state index contributed by atoms with van der Waals surface area (Å²) in [5.41, 5.74) is 0.394. The average Bonchev–Trinajstić information content (AvgIpc) is 2.97. The van der Waals surface area contributed by atoms with Gasteiger partial charge in [-0.15, -0.1) is 0 Å². The molecule has 0 radical (unpaired) electrons. The molecular weight excluding hydrogens is 370 g/mol. The van der Waals surface area contributed by atoms with E-state index in [1.165, 1.54) is 28.6 Å². The summed E-state index contributed by atoms with van der Waals surface area (Å²) >= 11 is 0. The number of hydrogen-bond donors (Lipinski definition) is 1. The van der Waals surface area contributed by atoms with E-state index >= 15 is 0 Å². The van der Waals surface area contributed by atoms with Gasteiger partial charge < -0.3 is 5.32 Å². The minimum absolute atomic E-state index is 0.0544. The number of carbonyl (C=O) groups is 2. The van der Waals surface area contributed by atoms with Crippen molar-refractivity contribution < 1.29 is 18.0 Å². The Morgan fingerprint density at radius 1 is 0.963 bits per heavy atom. The van der Waals surface area contributed by atoms with Gasteiger partial charge in [-0.3, -0.25) is 14.5 Å². The molecule has 2 saturated heterocycles. The van der Waals surface area contributed by atoms with E-state index in [0.717, 1.165) is 4.90 Å². The summed E-state index contributed by atoms with van der Waals surface area (Å²) in [6.07, 6.45) is 3.60. The molecule has 0 saturated carbocycles. The highest BCUT2D eigenvalue weighted by molar-refractivity contribution is 7.89. The van der Waals surface area contributed by atoms with Crippen LogP contribution in [-0.2, 0) is 19.6 Å². The van der Waals surface area contributed by atoms with Gasteiger partial charge in [0.2, 0.25) is 27.8 Å². The van der Waals surface area contributed by atoms with E-state index in [2.05, 4.69) is 15.3 Å². The second kappa shape index (κ2) is 6.71. The summed E-state index contributed by atoms with van der Waals surface area (Å²) in [7, 11) is -3.63. The molecule has 140 valence electrons. The third kappa shape index (κ3) is 3.28. The second-order valence-electron chi connectivity index (χ2n) is 6.35. The molecule has 0 bridgehead atoms. The lowest BCUT2D eigenvalue weighted by atomic mass is 10.2. The molecule has 1 N–H and O–H groups in total. The molecule has 2 aromatic rings. The summed E-state index contributed by atoms with van der Waals surface area (Å²) in [4.78, 5) is 32.9. The fourth-order valence-corrected chi connectivity index (χ4v) is 4.59. The summed E-state index contributed by atoms with van der Waals surface area (Å²) < 4.78 is 26.7. The summed E-state index contributed by atoms with van der Waals surface area (Å²) in [6, 6.07) is 7.47. The Balaban J connectivity index is 1.42. The van der Waals surface area contributed by atoms with Crippen LogP contribution in [0.5, 0.6) is 0 Å². The van der Waals surface area contributed by atoms with E-state index in [1.807, 2.05) is 0 Å². The molecule has 3 heterocycles. The highest BCUT2D eigenvalue weighted by Crippen LogP contribution is 2.27. The van der Waals surface area contributed by atoms with Crippen LogP contribution in [-0.4, -0.2) is 53.6 Å². The minimum atomic E-state index is -3.63. The fraction of sp³-hybridized carbons (Fsp3) is 0.294. The van der Waals surface area contributed by atoms with Crippen molar-refractivity contribution >= 4 is 33.5 Å². The van der Waals surface area contributed by atoms with Gasteiger partial charge in [0.15, 0.2) is 0 Å². The van der Waals surface area contributed by atoms with Crippen LogP contribution >= 0.6 is 0 Å². The molecule has 1 aromatic heterocycles. The predicted octanol–water partition coefficient (Wildman–Crippen LogP) is 0.615. The van der Waals surface area contributed by atoms with E-state index < -0.39 is 10.0 Å². The lowest BCUT2D eigenvalue weighted by molar-refractivity contribution is -0.121. The number of sulfonamides is 1. The van der Waals surface area contributed by atoms with Gasteiger partial charge in [-0.1, -0.05) is 0 Å². The van der Waals surface area contributed by atoms with Crippen molar-refractivity contribution in [1.29, 1.82) is 0 Å². The highest BCUT2D eigenvalue weighted by atomic mass is 32.2. The first-order valence-corrected chi connectivity index (χ1v) is 9.89. The lowest BCUT2D eigenvalue weighted by Gasteiger charge is -2.38. The van der Waals surface area contributed by atoms with Crippen molar-refractivity contribution in [2.45, 2.75) is 23.8 Å². The fourth-order valence-electron chi connectivity index (χ4n) is 3.06. The molecule has 10 heteroatoms. The van der Waals surface area contributed by atoms with E-state index in [-0.39, 0.29) is 35.6 Å². The van der Waals surface area contributed by atoms with Crippen molar-refractivity contribution in [2.75, 3.05) is 23.3 Å². The van der Waals surface area contributed by atoms with Gasteiger partial charge in [0.05, 0.1) is 16.6 Å². The average molecular weight is 387 g/mol. The van der Waals surface area contributed by atoms with Crippen molar-refractivity contribution in [1.82, 2.24) is 14.3 Å². The Morgan fingerprint density at radius 3 is 2.15 bits per heavy atom. The van der Waals surface area contributed by atoms with Crippen LogP contribution in [0.2, 0.25) is 0 Å².